The first-order chi connectivity index (χ1) is 10.3. The summed E-state index contributed by atoms with van der Waals surface area (Å²) < 4.78 is 30.9. The highest BCUT2D eigenvalue weighted by Gasteiger charge is 2.44. The fourth-order valence-corrected chi connectivity index (χ4v) is 2.51. The van der Waals surface area contributed by atoms with Crippen LogP contribution in [0.2, 0.25) is 0 Å². The lowest BCUT2D eigenvalue weighted by Gasteiger charge is -2.21. The SMILES string of the molecule is COC(=O)C(F)(F)CC(Cl)CN1C(=O)c2ccccc2C1=O. The third kappa shape index (κ3) is 2.94. The minimum Gasteiger partial charge on any atom is -0.465 e. The van der Waals surface area contributed by atoms with Gasteiger partial charge in [-0.05, 0) is 12.1 Å². The fourth-order valence-electron chi connectivity index (χ4n) is 2.18. The van der Waals surface area contributed by atoms with Crippen molar-refractivity contribution < 1.29 is 27.9 Å². The van der Waals surface area contributed by atoms with Gasteiger partial charge in [0, 0.05) is 13.0 Å². The quantitative estimate of drug-likeness (QED) is 0.471. The van der Waals surface area contributed by atoms with Crippen molar-refractivity contribution in [2.45, 2.75) is 17.7 Å². The molecule has 1 aliphatic rings. The minimum absolute atomic E-state index is 0.205. The van der Waals surface area contributed by atoms with Crippen LogP contribution in [0, 0.1) is 0 Å². The zero-order chi connectivity index (χ0) is 16.5. The molecule has 1 aromatic rings. The average Bonchev–Trinajstić information content (AvgIpc) is 2.71. The molecule has 1 aromatic carbocycles. The van der Waals surface area contributed by atoms with Crippen LogP contribution >= 0.6 is 11.6 Å². The number of nitrogens with zero attached hydrogens (tertiary/aromatic N) is 1. The average molecular weight is 332 g/mol. The molecule has 0 aromatic heterocycles. The Labute approximate surface area is 129 Å². The molecule has 1 atom stereocenters. The van der Waals surface area contributed by atoms with Gasteiger partial charge in [-0.15, -0.1) is 11.6 Å². The van der Waals surface area contributed by atoms with Gasteiger partial charge < -0.3 is 4.74 Å². The van der Waals surface area contributed by atoms with E-state index in [9.17, 15) is 23.2 Å². The number of benzene rings is 1. The number of hydrogen-bond acceptors (Lipinski definition) is 4. The van der Waals surface area contributed by atoms with Gasteiger partial charge in [0.2, 0.25) is 0 Å². The monoisotopic (exact) mass is 331 g/mol. The second-order valence-corrected chi connectivity index (χ2v) is 5.38. The molecule has 0 bridgehead atoms. The molecule has 0 fully saturated rings. The number of methoxy groups -OCH3 is 1. The fraction of sp³-hybridized carbons (Fsp3) is 0.357. The maximum atomic E-state index is 13.5. The normalized spacial score (nSPS) is 15.7. The number of ether oxygens (including phenoxy) is 1. The van der Waals surface area contributed by atoms with Crippen molar-refractivity contribution in [1.29, 1.82) is 0 Å². The molecule has 5 nitrogen and oxygen atoms in total. The first-order valence-corrected chi connectivity index (χ1v) is 6.77. The van der Waals surface area contributed by atoms with Gasteiger partial charge in [0.15, 0.2) is 0 Å². The van der Waals surface area contributed by atoms with E-state index in [4.69, 9.17) is 11.6 Å². The predicted molar refractivity (Wildman–Crippen MR) is 73.0 cm³/mol. The number of hydrogen-bond donors (Lipinski definition) is 0. The Morgan fingerprint density at radius 3 is 2.23 bits per heavy atom. The second kappa shape index (κ2) is 6.00. The van der Waals surface area contributed by atoms with Gasteiger partial charge in [-0.2, -0.15) is 8.78 Å². The van der Waals surface area contributed by atoms with E-state index in [-0.39, 0.29) is 11.1 Å². The summed E-state index contributed by atoms with van der Waals surface area (Å²) in [5.41, 5.74) is 0.409. The van der Waals surface area contributed by atoms with Crippen molar-refractivity contribution in [3.8, 4) is 0 Å². The van der Waals surface area contributed by atoms with Crippen LogP contribution in [0.15, 0.2) is 24.3 Å². The Morgan fingerprint density at radius 1 is 1.27 bits per heavy atom. The molecule has 1 unspecified atom stereocenters. The summed E-state index contributed by atoms with van der Waals surface area (Å²) in [6, 6.07) is 6.14. The molecular weight excluding hydrogens is 320 g/mol. The maximum absolute atomic E-state index is 13.5. The number of carbonyl (C=O) groups excluding carboxylic acids is 3. The number of carbonyl (C=O) groups is 3. The van der Waals surface area contributed by atoms with E-state index in [2.05, 4.69) is 4.74 Å². The molecule has 8 heteroatoms. The van der Waals surface area contributed by atoms with E-state index in [0.29, 0.717) is 0 Å². The van der Waals surface area contributed by atoms with E-state index >= 15 is 0 Å². The standard InChI is InChI=1S/C14H12ClF2NO4/c1-22-13(21)14(16,17)6-8(15)7-18-11(19)9-4-2-3-5-10(9)12(18)20/h2-5,8H,6-7H2,1H3. The van der Waals surface area contributed by atoms with Gasteiger partial charge in [0.1, 0.15) is 0 Å². The zero-order valence-electron chi connectivity index (χ0n) is 11.5. The van der Waals surface area contributed by atoms with Crippen molar-refractivity contribution in [1.82, 2.24) is 4.90 Å². The van der Waals surface area contributed by atoms with Crippen LogP contribution in [0.25, 0.3) is 0 Å². The summed E-state index contributed by atoms with van der Waals surface area (Å²) in [6.45, 7) is -0.416. The molecule has 0 saturated heterocycles. The first-order valence-electron chi connectivity index (χ1n) is 6.33. The van der Waals surface area contributed by atoms with Crippen molar-refractivity contribution in [2.24, 2.45) is 0 Å². The Hall–Kier alpha value is -2.02. The van der Waals surface area contributed by atoms with Crippen molar-refractivity contribution >= 4 is 29.4 Å². The van der Waals surface area contributed by atoms with Gasteiger partial charge >= 0.3 is 11.9 Å². The molecule has 2 rings (SSSR count). The molecule has 2 amide bonds. The molecule has 22 heavy (non-hydrogen) atoms. The van der Waals surface area contributed by atoms with Gasteiger partial charge in [-0.3, -0.25) is 14.5 Å². The summed E-state index contributed by atoms with van der Waals surface area (Å²) in [6.07, 6.45) is -1.03. The lowest BCUT2D eigenvalue weighted by Crippen LogP contribution is -2.39. The molecule has 0 aliphatic carbocycles. The van der Waals surface area contributed by atoms with Crippen LogP contribution in [0.3, 0.4) is 0 Å². The molecule has 0 spiro atoms. The third-order valence-electron chi connectivity index (χ3n) is 3.22. The van der Waals surface area contributed by atoms with E-state index in [1.54, 1.807) is 12.1 Å². The van der Waals surface area contributed by atoms with Crippen molar-refractivity contribution in [2.75, 3.05) is 13.7 Å². The van der Waals surface area contributed by atoms with Crippen molar-refractivity contribution in [3.63, 3.8) is 0 Å². The second-order valence-electron chi connectivity index (χ2n) is 4.76. The van der Waals surface area contributed by atoms with E-state index in [1.807, 2.05) is 0 Å². The molecule has 0 radical (unpaired) electrons. The summed E-state index contributed by atoms with van der Waals surface area (Å²) in [5, 5.41) is -1.28. The maximum Gasteiger partial charge on any atom is 0.376 e. The highest BCUT2D eigenvalue weighted by atomic mass is 35.5. The van der Waals surface area contributed by atoms with E-state index < -0.39 is 42.0 Å². The summed E-state index contributed by atoms with van der Waals surface area (Å²) in [4.78, 5) is 35.9. The predicted octanol–water partition coefficient (Wildman–Crippen LogP) is 2.09. The summed E-state index contributed by atoms with van der Waals surface area (Å²) in [5.74, 6) is -6.67. The molecule has 0 N–H and O–H groups in total. The van der Waals surface area contributed by atoms with Crippen molar-refractivity contribution in [3.05, 3.63) is 35.4 Å². The smallest absolute Gasteiger partial charge is 0.376 e. The lowest BCUT2D eigenvalue weighted by atomic mass is 10.1. The molecule has 1 heterocycles. The van der Waals surface area contributed by atoms with Crippen LogP contribution < -0.4 is 0 Å². The van der Waals surface area contributed by atoms with Crippen LogP contribution in [-0.4, -0.2) is 47.6 Å². The number of fused-ring (bicyclic) bond motifs is 1. The lowest BCUT2D eigenvalue weighted by molar-refractivity contribution is -0.169. The van der Waals surface area contributed by atoms with Crippen LogP contribution in [0.5, 0.6) is 0 Å². The number of amides is 2. The Balaban J connectivity index is 2.08. The number of alkyl halides is 3. The Morgan fingerprint density at radius 2 is 1.77 bits per heavy atom. The van der Waals surface area contributed by atoms with Crippen LogP contribution in [0.1, 0.15) is 27.1 Å². The first kappa shape index (κ1) is 16.4. The largest absolute Gasteiger partial charge is 0.465 e. The van der Waals surface area contributed by atoms with Crippen LogP contribution in [-0.2, 0) is 9.53 Å². The minimum atomic E-state index is -3.78. The van der Waals surface area contributed by atoms with Gasteiger partial charge in [0.05, 0.1) is 23.6 Å². The zero-order valence-corrected chi connectivity index (χ0v) is 12.3. The highest BCUT2D eigenvalue weighted by molar-refractivity contribution is 6.24. The number of imide groups is 1. The molecular formula is C14H12ClF2NO4. The molecule has 118 valence electrons. The number of esters is 1. The van der Waals surface area contributed by atoms with Crippen LogP contribution in [0.4, 0.5) is 8.78 Å². The number of halogens is 3. The molecule has 1 aliphatic heterocycles. The third-order valence-corrected chi connectivity index (χ3v) is 3.51. The topological polar surface area (TPSA) is 63.7 Å². The number of rotatable bonds is 5. The summed E-state index contributed by atoms with van der Waals surface area (Å²) in [7, 11) is 0.837. The van der Waals surface area contributed by atoms with E-state index in [1.165, 1.54) is 12.1 Å². The summed E-state index contributed by atoms with van der Waals surface area (Å²) >= 11 is 5.79. The highest BCUT2D eigenvalue weighted by Crippen LogP contribution is 2.28. The molecule has 0 saturated carbocycles. The van der Waals surface area contributed by atoms with Gasteiger partial charge in [-0.25, -0.2) is 4.79 Å². The Kier molecular flexibility index (Phi) is 4.46. The van der Waals surface area contributed by atoms with Gasteiger partial charge in [-0.1, -0.05) is 12.1 Å². The van der Waals surface area contributed by atoms with E-state index in [0.717, 1.165) is 12.0 Å². The Bertz CT molecular complexity index is 600. The van der Waals surface area contributed by atoms with Gasteiger partial charge in [0.25, 0.3) is 11.8 Å².